The van der Waals surface area contributed by atoms with Crippen molar-refractivity contribution in [3.63, 3.8) is 0 Å². The fourth-order valence-electron chi connectivity index (χ4n) is 4.10. The predicted octanol–water partition coefficient (Wildman–Crippen LogP) is 2.79. The van der Waals surface area contributed by atoms with Gasteiger partial charge in [-0.25, -0.2) is 17.8 Å². The second-order valence-corrected chi connectivity index (χ2v) is 10.4. The van der Waals surface area contributed by atoms with Crippen LogP contribution in [0.4, 0.5) is 10.2 Å². The topological polar surface area (TPSA) is 141 Å². The van der Waals surface area contributed by atoms with Crippen LogP contribution in [0.3, 0.4) is 0 Å². The van der Waals surface area contributed by atoms with Gasteiger partial charge in [0.25, 0.3) is 5.91 Å². The number of halogens is 1. The van der Waals surface area contributed by atoms with Crippen molar-refractivity contribution in [1.82, 2.24) is 9.88 Å². The fourth-order valence-corrected chi connectivity index (χ4v) is 4.87. The Morgan fingerprint density at radius 1 is 1.17 bits per heavy atom. The van der Waals surface area contributed by atoms with Gasteiger partial charge in [-0.1, -0.05) is 13.0 Å². The van der Waals surface area contributed by atoms with E-state index in [9.17, 15) is 13.2 Å². The van der Waals surface area contributed by atoms with Crippen molar-refractivity contribution in [2.75, 3.05) is 19.4 Å². The minimum atomic E-state index is -3.76. The minimum absolute atomic E-state index is 0.0778. The molecule has 2 aromatic carbocycles. The van der Waals surface area contributed by atoms with Crippen molar-refractivity contribution in [2.45, 2.75) is 24.8 Å². The van der Waals surface area contributed by atoms with Crippen molar-refractivity contribution in [3.05, 3.63) is 71.2 Å². The molecule has 0 saturated heterocycles. The Balaban J connectivity index is 1.65. The largest absolute Gasteiger partial charge is 0.491 e. The summed E-state index contributed by atoms with van der Waals surface area (Å²) in [7, 11) is -3.76. The molecule has 1 aliphatic heterocycles. The van der Waals surface area contributed by atoms with Crippen LogP contribution in [0.5, 0.6) is 5.75 Å². The minimum Gasteiger partial charge on any atom is -0.491 e. The Labute approximate surface area is 208 Å². The monoisotopic (exact) mass is 511 g/mol. The summed E-state index contributed by atoms with van der Waals surface area (Å²) in [4.78, 5) is 22.8. The number of sulfone groups is 1. The number of hydrogen-bond donors (Lipinski definition) is 2. The van der Waals surface area contributed by atoms with Gasteiger partial charge in [-0.2, -0.15) is 4.99 Å². The van der Waals surface area contributed by atoms with Crippen molar-refractivity contribution in [2.24, 2.45) is 16.5 Å². The molecule has 0 bridgehead atoms. The molecule has 36 heavy (non-hydrogen) atoms. The van der Waals surface area contributed by atoms with Crippen LogP contribution < -0.4 is 16.2 Å². The van der Waals surface area contributed by atoms with E-state index in [4.69, 9.17) is 16.2 Å². The zero-order valence-corrected chi connectivity index (χ0v) is 20.7. The van der Waals surface area contributed by atoms with Crippen molar-refractivity contribution in [3.8, 4) is 16.9 Å². The average Bonchev–Trinajstić information content (AvgIpc) is 3.04. The van der Waals surface area contributed by atoms with E-state index in [0.29, 0.717) is 11.6 Å². The Hall–Kier alpha value is -3.99. The highest BCUT2D eigenvalue weighted by molar-refractivity contribution is 7.90. The number of benzene rings is 2. The second-order valence-electron chi connectivity index (χ2n) is 8.37. The molecule has 4 rings (SSSR count). The van der Waals surface area contributed by atoms with Crippen LogP contribution in [0.25, 0.3) is 11.1 Å². The lowest BCUT2D eigenvalue weighted by Crippen LogP contribution is -2.33. The third-order valence-electron chi connectivity index (χ3n) is 5.84. The zero-order valence-electron chi connectivity index (χ0n) is 19.9. The van der Waals surface area contributed by atoms with Gasteiger partial charge in [-0.3, -0.25) is 4.79 Å². The standard InChI is InChI=1S/C25H26FN5O4S/c1-3-18-19(6-8-21(23(18)26)36(2,33)34)24(32)31-10-11-35-20-7-4-15(12-17(20)14-31)16-5-9-22(29-13-16)30-25(27)28/h4-9,12-13H,3,10-11,14H2,1-2H3,(H4,27,28,29,30). The number of carbonyl (C=O) groups is 1. The average molecular weight is 512 g/mol. The molecular weight excluding hydrogens is 485 g/mol. The van der Waals surface area contributed by atoms with Crippen LogP contribution in [0, 0.1) is 5.82 Å². The van der Waals surface area contributed by atoms with Crippen molar-refractivity contribution < 1.29 is 22.3 Å². The summed E-state index contributed by atoms with van der Waals surface area (Å²) in [5.74, 6) is -0.325. The van der Waals surface area contributed by atoms with Gasteiger partial charge in [-0.05, 0) is 48.4 Å². The fraction of sp³-hybridized carbons (Fsp3) is 0.240. The molecule has 3 aromatic rings. The number of fused-ring (bicyclic) bond motifs is 1. The van der Waals surface area contributed by atoms with Gasteiger partial charge in [0.05, 0.1) is 6.54 Å². The van der Waals surface area contributed by atoms with Crippen LogP contribution in [0.2, 0.25) is 0 Å². The third kappa shape index (κ3) is 5.15. The summed E-state index contributed by atoms with van der Waals surface area (Å²) >= 11 is 0. The first-order valence-electron chi connectivity index (χ1n) is 11.2. The molecule has 0 unspecified atom stereocenters. The van der Waals surface area contributed by atoms with E-state index in [0.717, 1.165) is 29.0 Å². The van der Waals surface area contributed by atoms with E-state index in [1.54, 1.807) is 24.1 Å². The molecule has 9 nitrogen and oxygen atoms in total. The number of ether oxygens (including phenoxy) is 1. The number of aliphatic imine (C=N–C) groups is 1. The number of rotatable bonds is 5. The molecule has 0 atom stereocenters. The number of guanidine groups is 1. The van der Waals surface area contributed by atoms with Crippen LogP contribution >= 0.6 is 0 Å². The molecule has 0 aliphatic carbocycles. The van der Waals surface area contributed by atoms with Crippen LogP contribution in [-0.4, -0.2) is 49.6 Å². The van der Waals surface area contributed by atoms with Crippen LogP contribution in [-0.2, 0) is 22.8 Å². The summed E-state index contributed by atoms with van der Waals surface area (Å²) in [6, 6.07) is 11.7. The van der Waals surface area contributed by atoms with Gasteiger partial charge in [0, 0.05) is 41.3 Å². The van der Waals surface area contributed by atoms with Crippen molar-refractivity contribution >= 4 is 27.5 Å². The number of amides is 1. The summed E-state index contributed by atoms with van der Waals surface area (Å²) < 4.78 is 44.7. The molecule has 1 aromatic heterocycles. The first kappa shape index (κ1) is 25.1. The molecule has 0 saturated carbocycles. The smallest absolute Gasteiger partial charge is 0.254 e. The number of aromatic nitrogens is 1. The quantitative estimate of drug-likeness (QED) is 0.396. The maximum atomic E-state index is 15.0. The molecule has 188 valence electrons. The molecule has 1 amide bonds. The molecular formula is C25H26FN5O4S. The Morgan fingerprint density at radius 2 is 1.92 bits per heavy atom. The Bertz CT molecular complexity index is 1450. The van der Waals surface area contributed by atoms with Crippen LogP contribution in [0.1, 0.15) is 28.4 Å². The highest BCUT2D eigenvalue weighted by atomic mass is 32.2. The normalized spacial score (nSPS) is 13.4. The molecule has 0 spiro atoms. The maximum absolute atomic E-state index is 15.0. The number of nitrogens with two attached hydrogens (primary N) is 2. The van der Waals surface area contributed by atoms with Crippen molar-refractivity contribution in [1.29, 1.82) is 0 Å². The predicted molar refractivity (Wildman–Crippen MR) is 134 cm³/mol. The van der Waals surface area contributed by atoms with E-state index in [-0.39, 0.29) is 43.2 Å². The van der Waals surface area contributed by atoms with E-state index >= 15 is 4.39 Å². The molecule has 0 radical (unpaired) electrons. The summed E-state index contributed by atoms with van der Waals surface area (Å²) in [6.07, 6.45) is 2.75. The van der Waals surface area contributed by atoms with Gasteiger partial charge in [0.15, 0.2) is 21.6 Å². The summed E-state index contributed by atoms with van der Waals surface area (Å²) in [5.41, 5.74) is 13.5. The maximum Gasteiger partial charge on any atom is 0.254 e. The number of nitrogens with zero attached hydrogens (tertiary/aromatic N) is 3. The van der Waals surface area contributed by atoms with E-state index in [1.165, 1.54) is 6.07 Å². The van der Waals surface area contributed by atoms with Gasteiger partial charge < -0.3 is 21.1 Å². The third-order valence-corrected chi connectivity index (χ3v) is 6.96. The van der Waals surface area contributed by atoms with Gasteiger partial charge >= 0.3 is 0 Å². The van der Waals surface area contributed by atoms with Gasteiger partial charge in [-0.15, -0.1) is 0 Å². The van der Waals surface area contributed by atoms with E-state index in [2.05, 4.69) is 9.98 Å². The van der Waals surface area contributed by atoms with Crippen LogP contribution in [0.15, 0.2) is 58.5 Å². The number of carbonyl (C=O) groups excluding carboxylic acids is 1. The van der Waals surface area contributed by atoms with E-state index in [1.807, 2.05) is 24.3 Å². The molecule has 2 heterocycles. The lowest BCUT2D eigenvalue weighted by atomic mass is 10.0. The first-order chi connectivity index (χ1) is 17.1. The Morgan fingerprint density at radius 3 is 2.56 bits per heavy atom. The Kier molecular flexibility index (Phi) is 6.93. The van der Waals surface area contributed by atoms with E-state index < -0.39 is 26.5 Å². The van der Waals surface area contributed by atoms with Gasteiger partial charge in [0.1, 0.15) is 23.1 Å². The molecule has 1 aliphatic rings. The zero-order chi connectivity index (χ0) is 26.0. The second kappa shape index (κ2) is 9.94. The SMILES string of the molecule is CCc1c(C(=O)N2CCOc3ccc(-c4ccc(N=C(N)N)nc4)cc3C2)ccc(S(C)(=O)=O)c1F. The lowest BCUT2D eigenvalue weighted by molar-refractivity contribution is 0.0731. The molecule has 11 heteroatoms. The highest BCUT2D eigenvalue weighted by Gasteiger charge is 2.27. The number of pyridine rings is 1. The molecule has 4 N–H and O–H groups in total. The summed E-state index contributed by atoms with van der Waals surface area (Å²) in [5, 5.41) is 0. The van der Waals surface area contributed by atoms with Gasteiger partial charge in [0.2, 0.25) is 0 Å². The highest BCUT2D eigenvalue weighted by Crippen LogP contribution is 2.31. The first-order valence-corrected chi connectivity index (χ1v) is 13.1. The lowest BCUT2D eigenvalue weighted by Gasteiger charge is -2.22. The summed E-state index contributed by atoms with van der Waals surface area (Å²) in [6.45, 7) is 2.47. The number of hydrogen-bond acceptors (Lipinski definition) is 6. The molecule has 0 fully saturated rings.